The molecule has 1 amide bonds. The minimum Gasteiger partial charge on any atom is -0.484 e. The lowest BCUT2D eigenvalue weighted by Gasteiger charge is -2.15. The molecule has 0 saturated heterocycles. The van der Waals surface area contributed by atoms with Gasteiger partial charge in [-0.05, 0) is 37.1 Å². The van der Waals surface area contributed by atoms with Crippen LogP contribution in [0.2, 0.25) is 0 Å². The lowest BCUT2D eigenvalue weighted by atomic mass is 10.2. The second-order valence-electron chi connectivity index (χ2n) is 4.39. The maximum absolute atomic E-state index is 11.7. The summed E-state index contributed by atoms with van der Waals surface area (Å²) in [7, 11) is 1.33. The van der Waals surface area contributed by atoms with E-state index >= 15 is 0 Å². The standard InChI is InChI=1S/C15H21NO4/c1-4-12(5-2)16-14(17)10-20-13-8-6-11(7-9-13)15(18)19-3/h6-9,12H,4-5,10H2,1-3H3,(H,16,17). The topological polar surface area (TPSA) is 64.6 Å². The van der Waals surface area contributed by atoms with Gasteiger partial charge < -0.3 is 14.8 Å². The van der Waals surface area contributed by atoms with Gasteiger partial charge in [-0.3, -0.25) is 4.79 Å². The van der Waals surface area contributed by atoms with E-state index in [1.54, 1.807) is 24.3 Å². The van der Waals surface area contributed by atoms with Crippen molar-refractivity contribution in [2.45, 2.75) is 32.7 Å². The molecule has 1 N–H and O–H groups in total. The largest absolute Gasteiger partial charge is 0.484 e. The molecule has 5 nitrogen and oxygen atoms in total. The first-order chi connectivity index (χ1) is 9.60. The van der Waals surface area contributed by atoms with E-state index in [2.05, 4.69) is 10.1 Å². The summed E-state index contributed by atoms with van der Waals surface area (Å²) in [5, 5.41) is 2.89. The highest BCUT2D eigenvalue weighted by atomic mass is 16.5. The summed E-state index contributed by atoms with van der Waals surface area (Å²) >= 11 is 0. The van der Waals surface area contributed by atoms with Crippen molar-refractivity contribution in [2.75, 3.05) is 13.7 Å². The summed E-state index contributed by atoms with van der Waals surface area (Å²) in [4.78, 5) is 22.9. The normalized spacial score (nSPS) is 10.2. The van der Waals surface area contributed by atoms with Crippen LogP contribution in [-0.2, 0) is 9.53 Å². The predicted molar refractivity (Wildman–Crippen MR) is 75.8 cm³/mol. The van der Waals surface area contributed by atoms with Gasteiger partial charge in [0.05, 0.1) is 12.7 Å². The van der Waals surface area contributed by atoms with Gasteiger partial charge in [0.2, 0.25) is 0 Å². The molecule has 1 aromatic rings. The highest BCUT2D eigenvalue weighted by molar-refractivity contribution is 5.89. The van der Waals surface area contributed by atoms with Crippen molar-refractivity contribution in [3.8, 4) is 5.75 Å². The molecule has 0 saturated carbocycles. The van der Waals surface area contributed by atoms with E-state index in [0.717, 1.165) is 12.8 Å². The molecule has 0 spiro atoms. The highest BCUT2D eigenvalue weighted by Crippen LogP contribution is 2.12. The summed E-state index contributed by atoms with van der Waals surface area (Å²) in [5.41, 5.74) is 0.446. The van der Waals surface area contributed by atoms with E-state index in [1.165, 1.54) is 7.11 Å². The van der Waals surface area contributed by atoms with E-state index in [4.69, 9.17) is 4.74 Å². The zero-order chi connectivity index (χ0) is 15.0. The molecule has 20 heavy (non-hydrogen) atoms. The molecule has 0 atom stereocenters. The third kappa shape index (κ3) is 4.91. The van der Waals surface area contributed by atoms with Gasteiger partial charge in [0.1, 0.15) is 5.75 Å². The Morgan fingerprint density at radius 3 is 2.25 bits per heavy atom. The minimum atomic E-state index is -0.400. The third-order valence-electron chi connectivity index (χ3n) is 3.00. The van der Waals surface area contributed by atoms with Gasteiger partial charge in [0.25, 0.3) is 5.91 Å². The number of nitrogens with one attached hydrogen (secondary N) is 1. The van der Waals surface area contributed by atoms with E-state index < -0.39 is 5.97 Å². The fourth-order valence-corrected chi connectivity index (χ4v) is 1.72. The summed E-state index contributed by atoms with van der Waals surface area (Å²) < 4.78 is 9.96. The van der Waals surface area contributed by atoms with Crippen LogP contribution < -0.4 is 10.1 Å². The highest BCUT2D eigenvalue weighted by Gasteiger charge is 2.09. The van der Waals surface area contributed by atoms with Crippen LogP contribution in [0.5, 0.6) is 5.75 Å². The zero-order valence-corrected chi connectivity index (χ0v) is 12.1. The van der Waals surface area contributed by atoms with Crippen molar-refractivity contribution in [3.63, 3.8) is 0 Å². The van der Waals surface area contributed by atoms with Gasteiger partial charge >= 0.3 is 5.97 Å². The maximum Gasteiger partial charge on any atom is 0.337 e. The average Bonchev–Trinajstić information content (AvgIpc) is 2.50. The number of hydrogen-bond donors (Lipinski definition) is 1. The first-order valence-electron chi connectivity index (χ1n) is 6.71. The zero-order valence-electron chi connectivity index (χ0n) is 12.1. The molecule has 0 fully saturated rings. The first kappa shape index (κ1) is 16.0. The molecule has 0 radical (unpaired) electrons. The number of rotatable bonds is 7. The van der Waals surface area contributed by atoms with Crippen LogP contribution in [0.4, 0.5) is 0 Å². The van der Waals surface area contributed by atoms with Crippen molar-refractivity contribution in [1.29, 1.82) is 0 Å². The molecule has 5 heteroatoms. The van der Waals surface area contributed by atoms with Gasteiger partial charge in [-0.25, -0.2) is 4.79 Å². The molecule has 0 aliphatic heterocycles. The van der Waals surface area contributed by atoms with Gasteiger partial charge in [-0.15, -0.1) is 0 Å². The second-order valence-corrected chi connectivity index (χ2v) is 4.39. The first-order valence-corrected chi connectivity index (χ1v) is 6.71. The fourth-order valence-electron chi connectivity index (χ4n) is 1.72. The molecule has 0 aliphatic rings. The minimum absolute atomic E-state index is 0.0337. The number of methoxy groups -OCH3 is 1. The Bertz CT molecular complexity index is 438. The summed E-state index contributed by atoms with van der Waals surface area (Å²) in [5.74, 6) is -0.00359. The van der Waals surface area contributed by atoms with Crippen LogP contribution in [-0.4, -0.2) is 31.6 Å². The van der Waals surface area contributed by atoms with E-state index in [9.17, 15) is 9.59 Å². The van der Waals surface area contributed by atoms with Gasteiger partial charge in [-0.1, -0.05) is 13.8 Å². The van der Waals surface area contributed by atoms with Crippen molar-refractivity contribution in [2.24, 2.45) is 0 Å². The van der Waals surface area contributed by atoms with Crippen LogP contribution in [0.25, 0.3) is 0 Å². The monoisotopic (exact) mass is 279 g/mol. The lowest BCUT2D eigenvalue weighted by molar-refractivity contribution is -0.123. The van der Waals surface area contributed by atoms with Gasteiger partial charge in [0, 0.05) is 6.04 Å². The summed E-state index contributed by atoms with van der Waals surface area (Å²) in [6.07, 6.45) is 1.80. The number of benzene rings is 1. The Morgan fingerprint density at radius 1 is 1.15 bits per heavy atom. The summed E-state index contributed by atoms with van der Waals surface area (Å²) in [6.45, 7) is 4.02. The SMILES string of the molecule is CCC(CC)NC(=O)COc1ccc(C(=O)OC)cc1. The Balaban J connectivity index is 2.45. The molecule has 1 rings (SSSR count). The van der Waals surface area contributed by atoms with Crippen molar-refractivity contribution < 1.29 is 19.1 Å². The van der Waals surface area contributed by atoms with Crippen LogP contribution in [0.15, 0.2) is 24.3 Å². The fraction of sp³-hybridized carbons (Fsp3) is 0.467. The van der Waals surface area contributed by atoms with Crippen LogP contribution in [0.1, 0.15) is 37.0 Å². The van der Waals surface area contributed by atoms with Gasteiger partial charge in [-0.2, -0.15) is 0 Å². The number of carbonyl (C=O) groups excluding carboxylic acids is 2. The average molecular weight is 279 g/mol. The Morgan fingerprint density at radius 2 is 1.75 bits per heavy atom. The molecule has 0 bridgehead atoms. The van der Waals surface area contributed by atoms with Crippen LogP contribution >= 0.6 is 0 Å². The second kappa shape index (κ2) is 8.19. The molecule has 0 aromatic heterocycles. The van der Waals surface area contributed by atoms with E-state index in [1.807, 2.05) is 13.8 Å². The Hall–Kier alpha value is -2.04. The molecular weight excluding hydrogens is 258 g/mol. The molecule has 110 valence electrons. The number of hydrogen-bond acceptors (Lipinski definition) is 4. The lowest BCUT2D eigenvalue weighted by Crippen LogP contribution is -2.37. The summed E-state index contributed by atoms with van der Waals surface area (Å²) in [6, 6.07) is 6.65. The quantitative estimate of drug-likeness (QED) is 0.777. The number of esters is 1. The number of carbonyl (C=O) groups is 2. The van der Waals surface area contributed by atoms with Crippen molar-refractivity contribution in [3.05, 3.63) is 29.8 Å². The van der Waals surface area contributed by atoms with Crippen LogP contribution in [0.3, 0.4) is 0 Å². The van der Waals surface area contributed by atoms with Gasteiger partial charge in [0.15, 0.2) is 6.61 Å². The predicted octanol–water partition coefficient (Wildman–Crippen LogP) is 2.16. The Kier molecular flexibility index (Phi) is 6.56. The molecule has 0 unspecified atom stereocenters. The van der Waals surface area contributed by atoms with E-state index in [-0.39, 0.29) is 18.6 Å². The number of amides is 1. The molecule has 0 aliphatic carbocycles. The van der Waals surface area contributed by atoms with Crippen LogP contribution in [0, 0.1) is 0 Å². The van der Waals surface area contributed by atoms with E-state index in [0.29, 0.717) is 11.3 Å². The smallest absolute Gasteiger partial charge is 0.337 e. The Labute approximate surface area is 119 Å². The van der Waals surface area contributed by atoms with Crippen molar-refractivity contribution in [1.82, 2.24) is 5.32 Å². The molecule has 0 heterocycles. The van der Waals surface area contributed by atoms with Crippen molar-refractivity contribution >= 4 is 11.9 Å². The third-order valence-corrected chi connectivity index (χ3v) is 3.00. The number of ether oxygens (including phenoxy) is 2. The maximum atomic E-state index is 11.7. The molecule has 1 aromatic carbocycles. The molecular formula is C15H21NO4.